The van der Waals surface area contributed by atoms with Crippen LogP contribution in [0, 0.1) is 0 Å². The molecule has 1 heterocycles. The normalized spacial score (nSPS) is 10.5. The summed E-state index contributed by atoms with van der Waals surface area (Å²) in [5.41, 5.74) is 1.13. The Labute approximate surface area is 89.1 Å². The number of carbonyl (C=O) groups is 1. The van der Waals surface area contributed by atoms with E-state index < -0.39 is 5.97 Å². The highest BCUT2D eigenvalue weighted by Gasteiger charge is 1.98. The zero-order chi connectivity index (χ0) is 11.1. The van der Waals surface area contributed by atoms with E-state index in [1.807, 2.05) is 17.8 Å². The molecule has 0 fully saturated rings. The van der Waals surface area contributed by atoms with E-state index in [2.05, 4.69) is 10.4 Å². The molecule has 0 unspecified atom stereocenters. The number of aliphatic carboxylic acids is 1. The first-order chi connectivity index (χ1) is 7.20. The van der Waals surface area contributed by atoms with E-state index in [9.17, 15) is 4.79 Å². The molecule has 0 aromatic carbocycles. The second-order valence-electron chi connectivity index (χ2n) is 3.47. The van der Waals surface area contributed by atoms with E-state index in [1.165, 1.54) is 0 Å². The summed E-state index contributed by atoms with van der Waals surface area (Å²) >= 11 is 0. The molecule has 0 saturated carbocycles. The molecule has 0 aliphatic heterocycles. The molecule has 0 amide bonds. The maximum absolute atomic E-state index is 10.2. The predicted molar refractivity (Wildman–Crippen MR) is 56.4 cm³/mol. The number of aryl methyl sites for hydroxylation is 1. The zero-order valence-corrected chi connectivity index (χ0v) is 8.94. The van der Waals surface area contributed by atoms with Gasteiger partial charge in [-0.25, -0.2) is 0 Å². The molecule has 0 saturated heterocycles. The van der Waals surface area contributed by atoms with Gasteiger partial charge in [-0.15, -0.1) is 0 Å². The second-order valence-corrected chi connectivity index (χ2v) is 3.47. The maximum atomic E-state index is 10.2. The van der Waals surface area contributed by atoms with Gasteiger partial charge in [0, 0.05) is 26.2 Å². The molecule has 2 N–H and O–H groups in total. The average Bonchev–Trinajstić information content (AvgIpc) is 2.57. The van der Waals surface area contributed by atoms with E-state index >= 15 is 0 Å². The van der Waals surface area contributed by atoms with Crippen LogP contribution in [-0.2, 0) is 18.4 Å². The lowest BCUT2D eigenvalue weighted by molar-refractivity contribution is -0.137. The number of nitrogens with zero attached hydrogens (tertiary/aromatic N) is 2. The Bertz CT molecular complexity index is 309. The second kappa shape index (κ2) is 6.19. The molecule has 0 spiro atoms. The smallest absolute Gasteiger partial charge is 0.303 e. The quantitative estimate of drug-likeness (QED) is 0.653. The zero-order valence-electron chi connectivity index (χ0n) is 8.94. The van der Waals surface area contributed by atoms with Crippen molar-refractivity contribution in [1.82, 2.24) is 15.1 Å². The molecule has 1 rings (SSSR count). The van der Waals surface area contributed by atoms with Gasteiger partial charge in [0.1, 0.15) is 0 Å². The molecule has 0 aliphatic rings. The van der Waals surface area contributed by atoms with Crippen LogP contribution in [0.15, 0.2) is 12.3 Å². The van der Waals surface area contributed by atoms with Crippen LogP contribution < -0.4 is 5.32 Å². The summed E-state index contributed by atoms with van der Waals surface area (Å²) in [6.07, 6.45) is 3.65. The molecule has 0 aliphatic carbocycles. The van der Waals surface area contributed by atoms with E-state index in [1.54, 1.807) is 6.20 Å². The Morgan fingerprint density at radius 3 is 3.00 bits per heavy atom. The minimum Gasteiger partial charge on any atom is -0.481 e. The summed E-state index contributed by atoms with van der Waals surface area (Å²) in [6, 6.07) is 1.96. The summed E-state index contributed by atoms with van der Waals surface area (Å²) in [5.74, 6) is -0.721. The molecule has 15 heavy (non-hydrogen) atoms. The van der Waals surface area contributed by atoms with Crippen LogP contribution in [0.5, 0.6) is 0 Å². The first kappa shape index (κ1) is 11.7. The summed E-state index contributed by atoms with van der Waals surface area (Å²) < 4.78 is 1.82. The van der Waals surface area contributed by atoms with Gasteiger partial charge in [0.25, 0.3) is 0 Å². The lowest BCUT2D eigenvalue weighted by Gasteiger charge is -2.04. The highest BCUT2D eigenvalue weighted by Crippen LogP contribution is 1.97. The monoisotopic (exact) mass is 211 g/mol. The third-order valence-corrected chi connectivity index (χ3v) is 2.22. The van der Waals surface area contributed by atoms with Crippen molar-refractivity contribution in [2.45, 2.75) is 25.8 Å². The van der Waals surface area contributed by atoms with Crippen LogP contribution in [-0.4, -0.2) is 27.4 Å². The number of carboxylic acids is 1. The Balaban J connectivity index is 2.03. The topological polar surface area (TPSA) is 67.2 Å². The van der Waals surface area contributed by atoms with E-state index in [4.69, 9.17) is 5.11 Å². The molecule has 0 radical (unpaired) electrons. The Morgan fingerprint density at radius 1 is 1.60 bits per heavy atom. The van der Waals surface area contributed by atoms with E-state index in [0.717, 1.165) is 31.6 Å². The van der Waals surface area contributed by atoms with Crippen molar-refractivity contribution >= 4 is 5.97 Å². The van der Waals surface area contributed by atoms with Gasteiger partial charge in [-0.05, 0) is 25.5 Å². The summed E-state index contributed by atoms with van der Waals surface area (Å²) in [5, 5.41) is 15.7. The van der Waals surface area contributed by atoms with Gasteiger partial charge in [-0.1, -0.05) is 0 Å². The molecule has 0 bridgehead atoms. The number of hydrogen-bond donors (Lipinski definition) is 2. The van der Waals surface area contributed by atoms with Crippen molar-refractivity contribution in [2.24, 2.45) is 7.05 Å². The van der Waals surface area contributed by atoms with Crippen molar-refractivity contribution in [3.05, 3.63) is 18.0 Å². The van der Waals surface area contributed by atoms with Gasteiger partial charge < -0.3 is 10.4 Å². The Kier molecular flexibility index (Phi) is 4.83. The minimum atomic E-state index is -0.721. The highest BCUT2D eigenvalue weighted by molar-refractivity contribution is 5.66. The number of aromatic nitrogens is 2. The summed E-state index contributed by atoms with van der Waals surface area (Å²) in [4.78, 5) is 10.2. The summed E-state index contributed by atoms with van der Waals surface area (Å²) in [6.45, 7) is 1.63. The van der Waals surface area contributed by atoms with Crippen LogP contribution in [0.1, 0.15) is 25.0 Å². The maximum Gasteiger partial charge on any atom is 0.303 e. The molecule has 1 aromatic heterocycles. The van der Waals surface area contributed by atoms with Crippen LogP contribution >= 0.6 is 0 Å². The third kappa shape index (κ3) is 4.60. The van der Waals surface area contributed by atoms with Gasteiger partial charge in [0.2, 0.25) is 0 Å². The Morgan fingerprint density at radius 2 is 2.40 bits per heavy atom. The number of carboxylic acid groups (broad SMARTS) is 1. The van der Waals surface area contributed by atoms with E-state index in [0.29, 0.717) is 0 Å². The molecule has 5 heteroatoms. The van der Waals surface area contributed by atoms with Crippen LogP contribution in [0.3, 0.4) is 0 Å². The summed E-state index contributed by atoms with van der Waals surface area (Å²) in [7, 11) is 1.90. The van der Waals surface area contributed by atoms with Crippen molar-refractivity contribution in [2.75, 3.05) is 6.54 Å². The lowest BCUT2D eigenvalue weighted by atomic mass is 10.2. The molecule has 1 aromatic rings. The standard InChI is InChI=1S/C10H17N3O2/c1-13-9(5-7-12-13)8-11-6-3-2-4-10(14)15/h5,7,11H,2-4,6,8H2,1H3,(H,14,15). The largest absolute Gasteiger partial charge is 0.481 e. The van der Waals surface area contributed by atoms with Gasteiger partial charge in [-0.2, -0.15) is 5.10 Å². The van der Waals surface area contributed by atoms with Crippen molar-refractivity contribution < 1.29 is 9.90 Å². The van der Waals surface area contributed by atoms with Crippen LogP contribution in [0.25, 0.3) is 0 Å². The predicted octanol–water partition coefficient (Wildman–Crippen LogP) is 0.765. The van der Waals surface area contributed by atoms with Gasteiger partial charge >= 0.3 is 5.97 Å². The molecular formula is C10H17N3O2. The fourth-order valence-electron chi connectivity index (χ4n) is 1.32. The third-order valence-electron chi connectivity index (χ3n) is 2.22. The van der Waals surface area contributed by atoms with Gasteiger partial charge in [0.05, 0.1) is 5.69 Å². The number of rotatable bonds is 7. The van der Waals surface area contributed by atoms with Gasteiger partial charge in [0.15, 0.2) is 0 Å². The average molecular weight is 211 g/mol. The molecular weight excluding hydrogens is 194 g/mol. The van der Waals surface area contributed by atoms with E-state index in [-0.39, 0.29) is 6.42 Å². The fourth-order valence-corrected chi connectivity index (χ4v) is 1.32. The first-order valence-corrected chi connectivity index (χ1v) is 5.09. The molecule has 84 valence electrons. The first-order valence-electron chi connectivity index (χ1n) is 5.09. The number of nitrogens with one attached hydrogen (secondary N) is 1. The number of hydrogen-bond acceptors (Lipinski definition) is 3. The Hall–Kier alpha value is -1.36. The van der Waals surface area contributed by atoms with Crippen molar-refractivity contribution in [3.63, 3.8) is 0 Å². The van der Waals surface area contributed by atoms with Gasteiger partial charge in [-0.3, -0.25) is 9.48 Å². The minimum absolute atomic E-state index is 0.257. The molecule has 0 atom stereocenters. The number of unbranched alkanes of at least 4 members (excludes halogenated alkanes) is 1. The lowest BCUT2D eigenvalue weighted by Crippen LogP contribution is -2.17. The molecule has 5 nitrogen and oxygen atoms in total. The fraction of sp³-hybridized carbons (Fsp3) is 0.600. The SMILES string of the molecule is Cn1nccc1CNCCCCC(=O)O. The highest BCUT2D eigenvalue weighted by atomic mass is 16.4. The van der Waals surface area contributed by atoms with Crippen LogP contribution in [0.4, 0.5) is 0 Å². The van der Waals surface area contributed by atoms with Crippen molar-refractivity contribution in [1.29, 1.82) is 0 Å². The van der Waals surface area contributed by atoms with Crippen LogP contribution in [0.2, 0.25) is 0 Å². The van der Waals surface area contributed by atoms with Crippen molar-refractivity contribution in [3.8, 4) is 0 Å².